The highest BCUT2D eigenvalue weighted by atomic mass is 16.3. The Bertz CT molecular complexity index is 91.7. The van der Waals surface area contributed by atoms with E-state index in [0.29, 0.717) is 12.8 Å². The Hall–Kier alpha value is -0.570. The fourth-order valence-corrected chi connectivity index (χ4v) is 0.598. The first-order valence-electron chi connectivity index (χ1n) is 2.26. The van der Waals surface area contributed by atoms with Gasteiger partial charge in [-0.25, -0.2) is 0 Å². The maximum absolute atomic E-state index is 10.2. The van der Waals surface area contributed by atoms with Gasteiger partial charge in [0.25, 0.3) is 0 Å². The van der Waals surface area contributed by atoms with E-state index in [9.17, 15) is 4.79 Å². The van der Waals surface area contributed by atoms with Gasteiger partial charge in [0.2, 0.25) is 5.91 Å². The highest BCUT2D eigenvalue weighted by Gasteiger charge is 2.16. The normalized spacial score (nSPS) is 30.4. The fraction of sp³-hybridized carbons (Fsp3) is 0.750. The van der Waals surface area contributed by atoms with Crippen LogP contribution >= 0.6 is 0 Å². The zero-order chi connectivity index (χ0) is 5.28. The molecule has 0 spiro atoms. The molecule has 3 nitrogen and oxygen atoms in total. The molecule has 1 heterocycles. The molecular formula is C4H7NO2. The summed E-state index contributed by atoms with van der Waals surface area (Å²) in [5, 5.41) is 10.9. The minimum atomic E-state index is -0.576. The summed E-state index contributed by atoms with van der Waals surface area (Å²) in [4.78, 5) is 10.2. The molecule has 1 aliphatic rings. The fourth-order valence-electron chi connectivity index (χ4n) is 0.598. The van der Waals surface area contributed by atoms with E-state index in [2.05, 4.69) is 5.32 Å². The number of nitrogens with one attached hydrogen (secondary N) is 1. The zero-order valence-corrected chi connectivity index (χ0v) is 3.85. The van der Waals surface area contributed by atoms with Gasteiger partial charge in [0.05, 0.1) is 0 Å². The maximum atomic E-state index is 10.2. The van der Waals surface area contributed by atoms with Gasteiger partial charge in [-0.05, 0) is 0 Å². The Morgan fingerprint density at radius 2 is 2.57 bits per heavy atom. The molecule has 1 atom stereocenters. The number of aliphatic hydroxyl groups is 1. The van der Waals surface area contributed by atoms with Crippen LogP contribution in [0.3, 0.4) is 0 Å². The van der Waals surface area contributed by atoms with E-state index >= 15 is 0 Å². The first-order valence-corrected chi connectivity index (χ1v) is 2.26. The monoisotopic (exact) mass is 101 g/mol. The van der Waals surface area contributed by atoms with E-state index in [1.54, 1.807) is 0 Å². The number of rotatable bonds is 0. The topological polar surface area (TPSA) is 49.3 Å². The third kappa shape index (κ3) is 0.899. The van der Waals surface area contributed by atoms with Gasteiger partial charge in [-0.15, -0.1) is 0 Å². The lowest BCUT2D eigenvalue weighted by atomic mass is 10.4. The zero-order valence-electron chi connectivity index (χ0n) is 3.85. The molecule has 0 bridgehead atoms. The average Bonchev–Trinajstić information content (AvgIpc) is 1.87. The molecule has 7 heavy (non-hydrogen) atoms. The van der Waals surface area contributed by atoms with Gasteiger partial charge in [-0.3, -0.25) is 4.79 Å². The van der Waals surface area contributed by atoms with Crippen molar-refractivity contribution in [1.29, 1.82) is 0 Å². The van der Waals surface area contributed by atoms with Gasteiger partial charge in [-0.1, -0.05) is 0 Å². The Kier molecular flexibility index (Phi) is 0.982. The third-order valence-corrected chi connectivity index (χ3v) is 0.972. The van der Waals surface area contributed by atoms with Gasteiger partial charge < -0.3 is 10.4 Å². The maximum Gasteiger partial charge on any atom is 0.222 e. The average molecular weight is 101 g/mol. The summed E-state index contributed by atoms with van der Waals surface area (Å²) < 4.78 is 0. The summed E-state index contributed by atoms with van der Waals surface area (Å²) >= 11 is 0. The first-order chi connectivity index (χ1) is 3.29. The van der Waals surface area contributed by atoms with Crippen LogP contribution in [0.5, 0.6) is 0 Å². The molecule has 0 radical (unpaired) electrons. The Morgan fingerprint density at radius 1 is 1.86 bits per heavy atom. The highest BCUT2D eigenvalue weighted by molar-refractivity contribution is 5.77. The smallest absolute Gasteiger partial charge is 0.222 e. The van der Waals surface area contributed by atoms with E-state index in [1.807, 2.05) is 0 Å². The lowest BCUT2D eigenvalue weighted by molar-refractivity contribution is -0.120. The predicted octanol–water partition coefficient (Wildman–Crippen LogP) is -0.785. The molecule has 0 aromatic carbocycles. The first kappa shape index (κ1) is 4.59. The van der Waals surface area contributed by atoms with Crippen LogP contribution < -0.4 is 5.32 Å². The largest absolute Gasteiger partial charge is 0.374 e. The molecule has 0 saturated carbocycles. The molecule has 3 heteroatoms. The van der Waals surface area contributed by atoms with Crippen LogP contribution in [0.15, 0.2) is 0 Å². The molecule has 1 amide bonds. The number of carbonyl (C=O) groups excluding carboxylic acids is 1. The van der Waals surface area contributed by atoms with Crippen LogP contribution in [0.2, 0.25) is 0 Å². The van der Waals surface area contributed by atoms with Crippen LogP contribution in [0, 0.1) is 0 Å². The van der Waals surface area contributed by atoms with E-state index in [-0.39, 0.29) is 5.91 Å². The van der Waals surface area contributed by atoms with Crippen molar-refractivity contribution in [2.24, 2.45) is 0 Å². The molecule has 1 fully saturated rings. The molecule has 1 saturated heterocycles. The summed E-state index contributed by atoms with van der Waals surface area (Å²) in [5.41, 5.74) is 0. The van der Waals surface area contributed by atoms with E-state index in [0.717, 1.165) is 0 Å². The number of aliphatic hydroxyl groups excluding tert-OH is 1. The van der Waals surface area contributed by atoms with Crippen molar-refractivity contribution in [2.75, 3.05) is 0 Å². The van der Waals surface area contributed by atoms with Crippen molar-refractivity contribution in [3.8, 4) is 0 Å². The second kappa shape index (κ2) is 1.50. The molecule has 40 valence electrons. The number of amides is 1. The van der Waals surface area contributed by atoms with Crippen LogP contribution in [0.4, 0.5) is 0 Å². The van der Waals surface area contributed by atoms with Crippen molar-refractivity contribution < 1.29 is 9.90 Å². The second-order valence-corrected chi connectivity index (χ2v) is 1.62. The Labute approximate surface area is 41.3 Å². The number of hydrogen-bond donors (Lipinski definition) is 2. The second-order valence-electron chi connectivity index (χ2n) is 1.62. The van der Waals surface area contributed by atoms with Crippen molar-refractivity contribution in [1.82, 2.24) is 5.32 Å². The lowest BCUT2D eigenvalue weighted by Gasteiger charge is -1.95. The van der Waals surface area contributed by atoms with Crippen molar-refractivity contribution in [2.45, 2.75) is 19.1 Å². The van der Waals surface area contributed by atoms with Gasteiger partial charge in [-0.2, -0.15) is 0 Å². The van der Waals surface area contributed by atoms with Crippen LogP contribution in [0.1, 0.15) is 12.8 Å². The molecule has 2 N–H and O–H groups in total. The molecule has 1 rings (SSSR count). The molecule has 0 aromatic rings. The van der Waals surface area contributed by atoms with Crippen LogP contribution in [0.25, 0.3) is 0 Å². The molecule has 0 aliphatic carbocycles. The summed E-state index contributed by atoms with van der Waals surface area (Å²) in [6.07, 6.45) is 0.465. The Balaban J connectivity index is 2.40. The van der Waals surface area contributed by atoms with Gasteiger partial charge in [0.15, 0.2) is 0 Å². The third-order valence-electron chi connectivity index (χ3n) is 0.972. The summed E-state index contributed by atoms with van der Waals surface area (Å²) in [6.45, 7) is 0. The summed E-state index contributed by atoms with van der Waals surface area (Å²) in [5.74, 6) is -0.0486. The van der Waals surface area contributed by atoms with Gasteiger partial charge in [0.1, 0.15) is 6.23 Å². The van der Waals surface area contributed by atoms with Gasteiger partial charge in [0, 0.05) is 12.8 Å². The standard InChI is InChI=1S/C4H7NO2/c6-3-1-2-4(7)5-3/h3,6H,1-2H2,(H,5,7)/t3-/m0/s1. The van der Waals surface area contributed by atoms with Crippen LogP contribution in [-0.2, 0) is 4.79 Å². The number of hydrogen-bond acceptors (Lipinski definition) is 2. The number of carbonyl (C=O) groups is 1. The van der Waals surface area contributed by atoms with E-state index in [1.165, 1.54) is 0 Å². The van der Waals surface area contributed by atoms with E-state index in [4.69, 9.17) is 5.11 Å². The van der Waals surface area contributed by atoms with Crippen molar-refractivity contribution in [3.63, 3.8) is 0 Å². The Morgan fingerprint density at radius 3 is 2.71 bits per heavy atom. The van der Waals surface area contributed by atoms with Crippen molar-refractivity contribution in [3.05, 3.63) is 0 Å². The molecule has 0 unspecified atom stereocenters. The quantitative estimate of drug-likeness (QED) is 0.420. The van der Waals surface area contributed by atoms with Crippen LogP contribution in [-0.4, -0.2) is 17.2 Å². The molecule has 0 aromatic heterocycles. The molecule has 1 aliphatic heterocycles. The summed E-state index contributed by atoms with van der Waals surface area (Å²) in [6, 6.07) is 0. The predicted molar refractivity (Wildman–Crippen MR) is 23.4 cm³/mol. The lowest BCUT2D eigenvalue weighted by Crippen LogP contribution is -2.23. The molecular weight excluding hydrogens is 94.0 g/mol. The minimum absolute atomic E-state index is 0.0486. The minimum Gasteiger partial charge on any atom is -0.374 e. The summed E-state index contributed by atoms with van der Waals surface area (Å²) in [7, 11) is 0. The van der Waals surface area contributed by atoms with E-state index < -0.39 is 6.23 Å². The SMILES string of the molecule is O=C1CC[C@H](O)N1. The van der Waals surface area contributed by atoms with Gasteiger partial charge >= 0.3 is 0 Å². The van der Waals surface area contributed by atoms with Crippen molar-refractivity contribution >= 4 is 5.91 Å². The highest BCUT2D eigenvalue weighted by Crippen LogP contribution is 2.01.